The number of sulfone groups is 1. The molecule has 5 nitrogen and oxygen atoms in total. The Morgan fingerprint density at radius 1 is 1.41 bits per heavy atom. The molecule has 2 N–H and O–H groups in total. The quantitative estimate of drug-likeness (QED) is 0.686. The predicted octanol–water partition coefficient (Wildman–Crippen LogP) is 0.728. The second-order valence-corrected chi connectivity index (χ2v) is 7.33. The van der Waals surface area contributed by atoms with E-state index >= 15 is 0 Å². The second-order valence-electron chi connectivity index (χ2n) is 4.65. The van der Waals surface area contributed by atoms with Crippen molar-refractivity contribution in [3.63, 3.8) is 0 Å². The molecule has 1 atom stereocenters. The van der Waals surface area contributed by atoms with Crippen molar-refractivity contribution in [2.24, 2.45) is 11.1 Å². The number of hydrogen-bond donors (Lipinski definition) is 1. The van der Waals surface area contributed by atoms with E-state index in [0.717, 1.165) is 0 Å². The lowest BCUT2D eigenvalue weighted by Crippen LogP contribution is -2.39. The van der Waals surface area contributed by atoms with Crippen LogP contribution in [0.1, 0.15) is 34.1 Å². The molecule has 0 aliphatic rings. The molecule has 0 aromatic rings. The van der Waals surface area contributed by atoms with Gasteiger partial charge in [-0.3, -0.25) is 4.79 Å². The van der Waals surface area contributed by atoms with E-state index in [1.807, 2.05) is 0 Å². The number of rotatable bonds is 7. The van der Waals surface area contributed by atoms with Gasteiger partial charge in [-0.15, -0.1) is 0 Å². The largest absolute Gasteiger partial charge is 0.466 e. The molecule has 0 aliphatic heterocycles. The van der Waals surface area contributed by atoms with Crippen molar-refractivity contribution in [3.8, 4) is 0 Å². The molecule has 0 fully saturated rings. The van der Waals surface area contributed by atoms with Gasteiger partial charge < -0.3 is 10.5 Å². The van der Waals surface area contributed by atoms with E-state index in [1.54, 1.807) is 27.7 Å². The van der Waals surface area contributed by atoms with Gasteiger partial charge >= 0.3 is 5.97 Å². The highest BCUT2D eigenvalue weighted by Gasteiger charge is 2.35. The van der Waals surface area contributed by atoms with Crippen molar-refractivity contribution in [2.75, 3.05) is 18.9 Å². The van der Waals surface area contributed by atoms with E-state index < -0.39 is 26.5 Å². The minimum Gasteiger partial charge on any atom is -0.466 e. The molecule has 0 aromatic carbocycles. The number of esters is 1. The standard InChI is InChI=1S/C11H23NO4S/c1-5-16-10(13)11(4,8-12)6-7-17(14,15)9(2)3/h9H,5-8,12H2,1-4H3. The van der Waals surface area contributed by atoms with E-state index in [-0.39, 0.29) is 25.3 Å². The fourth-order valence-corrected chi connectivity index (χ4v) is 2.40. The summed E-state index contributed by atoms with van der Waals surface area (Å²) >= 11 is 0. The Morgan fingerprint density at radius 3 is 2.29 bits per heavy atom. The molecule has 0 aromatic heterocycles. The summed E-state index contributed by atoms with van der Waals surface area (Å²) in [6.45, 7) is 6.95. The van der Waals surface area contributed by atoms with Crippen molar-refractivity contribution in [1.29, 1.82) is 0 Å². The number of nitrogens with two attached hydrogens (primary N) is 1. The summed E-state index contributed by atoms with van der Waals surface area (Å²) in [5.74, 6) is -0.474. The first-order valence-corrected chi connectivity index (χ1v) is 7.50. The van der Waals surface area contributed by atoms with E-state index in [2.05, 4.69) is 0 Å². The normalized spacial score (nSPS) is 15.6. The molecular weight excluding hydrogens is 242 g/mol. The SMILES string of the molecule is CCOC(=O)C(C)(CN)CCS(=O)(=O)C(C)C. The lowest BCUT2D eigenvalue weighted by Gasteiger charge is -2.25. The first-order valence-electron chi connectivity index (χ1n) is 5.78. The monoisotopic (exact) mass is 265 g/mol. The summed E-state index contributed by atoms with van der Waals surface area (Å²) in [6, 6.07) is 0. The van der Waals surface area contributed by atoms with Crippen molar-refractivity contribution in [2.45, 2.75) is 39.4 Å². The highest BCUT2D eigenvalue weighted by Crippen LogP contribution is 2.23. The third-order valence-corrected chi connectivity index (χ3v) is 5.08. The first kappa shape index (κ1) is 16.4. The molecule has 17 heavy (non-hydrogen) atoms. The zero-order chi connectivity index (χ0) is 13.7. The van der Waals surface area contributed by atoms with Gasteiger partial charge in [0.05, 0.1) is 23.0 Å². The van der Waals surface area contributed by atoms with Crippen molar-refractivity contribution >= 4 is 15.8 Å². The molecule has 0 saturated heterocycles. The summed E-state index contributed by atoms with van der Waals surface area (Å²) in [4.78, 5) is 11.7. The lowest BCUT2D eigenvalue weighted by atomic mass is 9.88. The molecule has 0 aliphatic carbocycles. The Hall–Kier alpha value is -0.620. The number of hydrogen-bond acceptors (Lipinski definition) is 5. The van der Waals surface area contributed by atoms with Crippen LogP contribution in [0.4, 0.5) is 0 Å². The highest BCUT2D eigenvalue weighted by atomic mass is 32.2. The Morgan fingerprint density at radius 2 is 1.94 bits per heavy atom. The number of carbonyl (C=O) groups is 1. The Balaban J connectivity index is 4.67. The van der Waals surface area contributed by atoms with Gasteiger partial charge in [0.2, 0.25) is 0 Å². The minimum atomic E-state index is -3.15. The van der Waals surface area contributed by atoms with Crippen LogP contribution in [0.5, 0.6) is 0 Å². The van der Waals surface area contributed by atoms with Crippen LogP contribution in [0.15, 0.2) is 0 Å². The van der Waals surface area contributed by atoms with E-state index in [0.29, 0.717) is 0 Å². The summed E-state index contributed by atoms with van der Waals surface area (Å²) in [5, 5.41) is -0.438. The van der Waals surface area contributed by atoms with Gasteiger partial charge in [0.1, 0.15) is 0 Å². The summed E-state index contributed by atoms with van der Waals surface area (Å²) in [6.07, 6.45) is 0.197. The molecule has 1 unspecified atom stereocenters. The maximum Gasteiger partial charge on any atom is 0.313 e. The third-order valence-electron chi connectivity index (χ3n) is 2.88. The summed E-state index contributed by atoms with van der Waals surface area (Å²) in [5.41, 5.74) is 4.63. The number of ether oxygens (including phenoxy) is 1. The molecule has 0 spiro atoms. The third kappa shape index (κ3) is 4.63. The molecule has 0 radical (unpaired) electrons. The van der Waals surface area contributed by atoms with Gasteiger partial charge in [0, 0.05) is 6.54 Å². The fourth-order valence-electron chi connectivity index (χ4n) is 1.20. The van der Waals surface area contributed by atoms with Crippen LogP contribution < -0.4 is 5.73 Å². The van der Waals surface area contributed by atoms with Gasteiger partial charge in [-0.05, 0) is 34.1 Å². The Kier molecular flexibility index (Phi) is 6.12. The van der Waals surface area contributed by atoms with Gasteiger partial charge in [0.15, 0.2) is 9.84 Å². The van der Waals surface area contributed by atoms with Crippen LogP contribution in [0.3, 0.4) is 0 Å². The molecule has 0 amide bonds. The maximum absolute atomic E-state index is 11.7. The first-order chi connectivity index (χ1) is 7.69. The Bertz CT molecular complexity index is 350. The lowest BCUT2D eigenvalue weighted by molar-refractivity contribution is -0.153. The summed E-state index contributed by atoms with van der Waals surface area (Å²) in [7, 11) is -3.15. The average Bonchev–Trinajstić information content (AvgIpc) is 2.26. The average molecular weight is 265 g/mol. The van der Waals surface area contributed by atoms with E-state index in [9.17, 15) is 13.2 Å². The minimum absolute atomic E-state index is 0.0445. The van der Waals surface area contributed by atoms with Crippen molar-refractivity contribution < 1.29 is 17.9 Å². The Labute approximate surface area is 104 Å². The molecular formula is C11H23NO4S. The maximum atomic E-state index is 11.7. The molecule has 0 saturated carbocycles. The molecule has 6 heteroatoms. The topological polar surface area (TPSA) is 86.5 Å². The van der Waals surface area contributed by atoms with Crippen LogP contribution in [0.2, 0.25) is 0 Å². The number of carbonyl (C=O) groups excluding carboxylic acids is 1. The van der Waals surface area contributed by atoms with E-state index in [4.69, 9.17) is 10.5 Å². The van der Waals surface area contributed by atoms with Crippen molar-refractivity contribution in [1.82, 2.24) is 0 Å². The highest BCUT2D eigenvalue weighted by molar-refractivity contribution is 7.91. The van der Waals surface area contributed by atoms with Crippen LogP contribution in [-0.4, -0.2) is 38.5 Å². The second kappa shape index (κ2) is 6.35. The zero-order valence-electron chi connectivity index (χ0n) is 11.0. The molecule has 0 bridgehead atoms. The van der Waals surface area contributed by atoms with Crippen LogP contribution in [-0.2, 0) is 19.4 Å². The van der Waals surface area contributed by atoms with E-state index in [1.165, 1.54) is 0 Å². The summed E-state index contributed by atoms with van der Waals surface area (Å²) < 4.78 is 28.3. The van der Waals surface area contributed by atoms with Gasteiger partial charge in [-0.2, -0.15) is 0 Å². The van der Waals surface area contributed by atoms with Gasteiger partial charge in [-0.1, -0.05) is 0 Å². The smallest absolute Gasteiger partial charge is 0.313 e. The van der Waals surface area contributed by atoms with Gasteiger partial charge in [-0.25, -0.2) is 8.42 Å². The molecule has 0 rings (SSSR count). The van der Waals surface area contributed by atoms with Crippen molar-refractivity contribution in [3.05, 3.63) is 0 Å². The van der Waals surface area contributed by atoms with Gasteiger partial charge in [0.25, 0.3) is 0 Å². The molecule has 102 valence electrons. The fraction of sp³-hybridized carbons (Fsp3) is 0.909. The molecule has 0 heterocycles. The zero-order valence-corrected chi connectivity index (χ0v) is 11.8. The predicted molar refractivity (Wildman–Crippen MR) is 67.3 cm³/mol. The van der Waals surface area contributed by atoms with Crippen LogP contribution >= 0.6 is 0 Å². The van der Waals surface area contributed by atoms with Crippen LogP contribution in [0, 0.1) is 5.41 Å². The van der Waals surface area contributed by atoms with Crippen LogP contribution in [0.25, 0.3) is 0 Å².